The number of benzene rings is 1. The molecule has 4 rings (SSSR count). The summed E-state index contributed by atoms with van der Waals surface area (Å²) < 4.78 is 0. The van der Waals surface area contributed by atoms with E-state index in [1.807, 2.05) is 43.3 Å². The van der Waals surface area contributed by atoms with Gasteiger partial charge >= 0.3 is 0 Å². The Hall–Kier alpha value is -3.48. The SMILES string of the molecule is Cc1cccc(NC(=O)C2CCN(C(=O)c3cc(-c4cccnc4)n[nH]3)CC2)c1. The van der Waals surface area contributed by atoms with Crippen LogP contribution >= 0.6 is 0 Å². The highest BCUT2D eigenvalue weighted by atomic mass is 16.2. The van der Waals surface area contributed by atoms with Gasteiger partial charge in [-0.3, -0.25) is 19.7 Å². The second-order valence-electron chi connectivity index (χ2n) is 7.33. The second kappa shape index (κ2) is 8.26. The lowest BCUT2D eigenvalue weighted by Gasteiger charge is -2.31. The van der Waals surface area contributed by atoms with Gasteiger partial charge in [0.1, 0.15) is 5.69 Å². The highest BCUT2D eigenvalue weighted by Crippen LogP contribution is 2.22. The van der Waals surface area contributed by atoms with Crippen LogP contribution in [0.5, 0.6) is 0 Å². The Balaban J connectivity index is 1.34. The van der Waals surface area contributed by atoms with Crippen LogP contribution in [0.1, 0.15) is 28.9 Å². The van der Waals surface area contributed by atoms with Gasteiger partial charge in [-0.05, 0) is 55.7 Å². The van der Waals surface area contributed by atoms with E-state index in [9.17, 15) is 9.59 Å². The number of hydrogen-bond acceptors (Lipinski definition) is 4. The summed E-state index contributed by atoms with van der Waals surface area (Å²) in [5.74, 6) is -0.166. The second-order valence-corrected chi connectivity index (χ2v) is 7.33. The molecule has 7 nitrogen and oxygen atoms in total. The molecule has 0 radical (unpaired) electrons. The Labute approximate surface area is 169 Å². The van der Waals surface area contributed by atoms with Gasteiger partial charge in [0, 0.05) is 42.7 Å². The van der Waals surface area contributed by atoms with Crippen molar-refractivity contribution in [3.8, 4) is 11.3 Å². The number of aromatic amines is 1. The van der Waals surface area contributed by atoms with Crippen LogP contribution in [0.15, 0.2) is 54.9 Å². The van der Waals surface area contributed by atoms with Gasteiger partial charge in [0.25, 0.3) is 5.91 Å². The quantitative estimate of drug-likeness (QED) is 0.716. The fraction of sp³-hybridized carbons (Fsp3) is 0.273. The molecule has 1 saturated heterocycles. The first-order valence-corrected chi connectivity index (χ1v) is 9.73. The van der Waals surface area contributed by atoms with Crippen molar-refractivity contribution >= 4 is 17.5 Å². The number of pyridine rings is 1. The Morgan fingerprint density at radius 2 is 1.97 bits per heavy atom. The van der Waals surface area contributed by atoms with Gasteiger partial charge in [-0.1, -0.05) is 12.1 Å². The zero-order valence-corrected chi connectivity index (χ0v) is 16.3. The molecule has 0 unspecified atom stereocenters. The highest BCUT2D eigenvalue weighted by molar-refractivity contribution is 5.95. The predicted molar refractivity (Wildman–Crippen MR) is 110 cm³/mol. The fourth-order valence-electron chi connectivity index (χ4n) is 3.58. The number of hydrogen-bond donors (Lipinski definition) is 2. The first-order valence-electron chi connectivity index (χ1n) is 9.73. The lowest BCUT2D eigenvalue weighted by atomic mass is 9.95. The maximum absolute atomic E-state index is 12.8. The van der Waals surface area contributed by atoms with Crippen molar-refractivity contribution in [1.82, 2.24) is 20.1 Å². The monoisotopic (exact) mass is 389 g/mol. The van der Waals surface area contributed by atoms with Gasteiger partial charge < -0.3 is 10.2 Å². The number of amides is 2. The molecule has 3 aromatic rings. The molecule has 0 aliphatic carbocycles. The lowest BCUT2D eigenvalue weighted by molar-refractivity contribution is -0.121. The van der Waals surface area contributed by atoms with Crippen molar-refractivity contribution in [3.63, 3.8) is 0 Å². The number of rotatable bonds is 4. The van der Waals surface area contributed by atoms with E-state index in [0.29, 0.717) is 37.3 Å². The topological polar surface area (TPSA) is 91.0 Å². The molecular formula is C22H23N5O2. The van der Waals surface area contributed by atoms with Crippen LogP contribution in [-0.2, 0) is 4.79 Å². The number of aromatic nitrogens is 3. The summed E-state index contributed by atoms with van der Waals surface area (Å²) in [4.78, 5) is 31.2. The molecule has 1 aromatic carbocycles. The Kier molecular flexibility index (Phi) is 5.37. The van der Waals surface area contributed by atoms with Gasteiger partial charge in [-0.15, -0.1) is 0 Å². The van der Waals surface area contributed by atoms with Crippen LogP contribution in [0.4, 0.5) is 5.69 Å². The van der Waals surface area contributed by atoms with Gasteiger partial charge in [0.15, 0.2) is 0 Å². The third-order valence-electron chi connectivity index (χ3n) is 5.20. The minimum atomic E-state index is -0.0924. The van der Waals surface area contributed by atoms with Crippen LogP contribution in [-0.4, -0.2) is 45.0 Å². The number of likely N-dealkylation sites (tertiary alicyclic amines) is 1. The molecule has 148 valence electrons. The number of nitrogens with zero attached hydrogens (tertiary/aromatic N) is 3. The smallest absolute Gasteiger partial charge is 0.271 e. The minimum Gasteiger partial charge on any atom is -0.337 e. The summed E-state index contributed by atoms with van der Waals surface area (Å²) in [7, 11) is 0. The fourth-order valence-corrected chi connectivity index (χ4v) is 3.58. The van der Waals surface area contributed by atoms with E-state index in [2.05, 4.69) is 20.5 Å². The number of nitrogens with one attached hydrogen (secondary N) is 2. The molecule has 29 heavy (non-hydrogen) atoms. The summed E-state index contributed by atoms with van der Waals surface area (Å²) in [6.45, 7) is 3.09. The lowest BCUT2D eigenvalue weighted by Crippen LogP contribution is -2.41. The van der Waals surface area contributed by atoms with E-state index in [1.54, 1.807) is 23.4 Å². The number of carbonyl (C=O) groups excluding carboxylic acids is 2. The molecule has 2 N–H and O–H groups in total. The highest BCUT2D eigenvalue weighted by Gasteiger charge is 2.28. The average Bonchev–Trinajstić information content (AvgIpc) is 3.24. The van der Waals surface area contributed by atoms with Gasteiger partial charge in [0.05, 0.1) is 5.69 Å². The molecule has 1 fully saturated rings. The number of H-pyrrole nitrogens is 1. The first-order chi connectivity index (χ1) is 14.1. The molecule has 1 aliphatic heterocycles. The normalized spacial score (nSPS) is 14.6. The van der Waals surface area contributed by atoms with E-state index >= 15 is 0 Å². The van der Waals surface area contributed by atoms with Crippen LogP contribution in [0.3, 0.4) is 0 Å². The summed E-state index contributed by atoms with van der Waals surface area (Å²) >= 11 is 0. The summed E-state index contributed by atoms with van der Waals surface area (Å²) in [5.41, 5.74) is 3.91. The first kappa shape index (κ1) is 18.9. The molecule has 0 atom stereocenters. The van der Waals surface area contributed by atoms with E-state index in [4.69, 9.17) is 0 Å². The summed E-state index contributed by atoms with van der Waals surface area (Å²) in [6, 6.07) is 13.2. The number of anilines is 1. The zero-order chi connectivity index (χ0) is 20.2. The van der Waals surface area contributed by atoms with Crippen LogP contribution in [0.2, 0.25) is 0 Å². The molecule has 0 spiro atoms. The van der Waals surface area contributed by atoms with E-state index < -0.39 is 0 Å². The third-order valence-corrected chi connectivity index (χ3v) is 5.20. The van der Waals surface area contributed by atoms with Crippen LogP contribution < -0.4 is 5.32 Å². The van der Waals surface area contributed by atoms with Crippen molar-refractivity contribution in [2.75, 3.05) is 18.4 Å². The molecule has 2 amide bonds. The zero-order valence-electron chi connectivity index (χ0n) is 16.3. The van der Waals surface area contributed by atoms with E-state index in [1.165, 1.54) is 0 Å². The van der Waals surface area contributed by atoms with Crippen molar-refractivity contribution in [2.45, 2.75) is 19.8 Å². The summed E-state index contributed by atoms with van der Waals surface area (Å²) in [5, 5.41) is 10.0. The van der Waals surface area contributed by atoms with Crippen molar-refractivity contribution in [2.24, 2.45) is 5.92 Å². The largest absolute Gasteiger partial charge is 0.337 e. The average molecular weight is 389 g/mol. The van der Waals surface area contributed by atoms with Gasteiger partial charge in [0.2, 0.25) is 5.91 Å². The molecule has 7 heteroatoms. The molecule has 2 aromatic heterocycles. The molecule has 0 saturated carbocycles. The predicted octanol–water partition coefficient (Wildman–Crippen LogP) is 3.27. The van der Waals surface area contributed by atoms with Gasteiger partial charge in [-0.2, -0.15) is 5.10 Å². The van der Waals surface area contributed by atoms with Crippen molar-refractivity contribution in [1.29, 1.82) is 0 Å². The number of piperidine rings is 1. The van der Waals surface area contributed by atoms with Gasteiger partial charge in [-0.25, -0.2) is 0 Å². The number of aryl methyl sites for hydroxylation is 1. The third kappa shape index (κ3) is 4.34. The molecule has 0 bridgehead atoms. The minimum absolute atomic E-state index is 0.0168. The maximum Gasteiger partial charge on any atom is 0.271 e. The Bertz CT molecular complexity index is 1010. The van der Waals surface area contributed by atoms with E-state index in [-0.39, 0.29) is 17.7 Å². The Morgan fingerprint density at radius 3 is 2.69 bits per heavy atom. The number of carbonyl (C=O) groups is 2. The van der Waals surface area contributed by atoms with Crippen molar-refractivity contribution < 1.29 is 9.59 Å². The standard InChI is InChI=1S/C22H23N5O2/c1-15-4-2-6-18(12-15)24-21(28)16-7-10-27(11-8-16)22(29)20-13-19(25-26-20)17-5-3-9-23-14-17/h2-6,9,12-14,16H,7-8,10-11H2,1H3,(H,24,28)(H,25,26). The molecule has 1 aliphatic rings. The summed E-state index contributed by atoms with van der Waals surface area (Å²) in [6.07, 6.45) is 4.70. The maximum atomic E-state index is 12.8. The van der Waals surface area contributed by atoms with Crippen molar-refractivity contribution in [3.05, 3.63) is 66.1 Å². The van der Waals surface area contributed by atoms with Crippen LogP contribution in [0.25, 0.3) is 11.3 Å². The molecule has 3 heterocycles. The Morgan fingerprint density at radius 1 is 1.14 bits per heavy atom. The van der Waals surface area contributed by atoms with Crippen LogP contribution in [0, 0.1) is 12.8 Å². The van der Waals surface area contributed by atoms with E-state index in [0.717, 1.165) is 16.8 Å². The molecular weight excluding hydrogens is 366 g/mol.